The highest BCUT2D eigenvalue weighted by Gasteiger charge is 2.15. The van der Waals surface area contributed by atoms with Crippen LogP contribution in [-0.4, -0.2) is 10.5 Å². The van der Waals surface area contributed by atoms with E-state index in [9.17, 15) is 4.79 Å². The number of aromatic nitrogens is 1. The molecule has 0 fully saturated rings. The molecule has 0 radical (unpaired) electrons. The van der Waals surface area contributed by atoms with Gasteiger partial charge in [0.05, 0.1) is 5.52 Å². The Balaban J connectivity index is 1.99. The number of fused-ring (bicyclic) bond motifs is 1. The van der Waals surface area contributed by atoms with E-state index < -0.39 is 0 Å². The van der Waals surface area contributed by atoms with Gasteiger partial charge in [0.15, 0.2) is 0 Å². The van der Waals surface area contributed by atoms with Crippen LogP contribution in [0.4, 0.5) is 0 Å². The third-order valence-corrected chi connectivity index (χ3v) is 4.86. The highest BCUT2D eigenvalue weighted by Crippen LogP contribution is 2.33. The Labute approximate surface area is 163 Å². The molecule has 1 heterocycles. The molecule has 2 nitrogen and oxygen atoms in total. The van der Waals surface area contributed by atoms with E-state index in [4.69, 9.17) is 11.6 Å². The van der Waals surface area contributed by atoms with Crippen molar-refractivity contribution >= 4 is 40.1 Å². The van der Waals surface area contributed by atoms with E-state index in [2.05, 4.69) is 24.3 Å². The predicted molar refractivity (Wildman–Crippen MR) is 113 cm³/mol. The van der Waals surface area contributed by atoms with Gasteiger partial charge in [-0.15, -0.1) is 0 Å². The lowest BCUT2D eigenvalue weighted by Crippen LogP contribution is -2.02. The minimum atomic E-state index is -0.00338. The van der Waals surface area contributed by atoms with Gasteiger partial charge >= 0.3 is 0 Å². The van der Waals surface area contributed by atoms with E-state index in [-0.39, 0.29) is 5.91 Å². The van der Waals surface area contributed by atoms with Crippen LogP contribution >= 0.6 is 11.6 Å². The normalized spacial score (nSPS) is 11.7. The van der Waals surface area contributed by atoms with E-state index in [1.165, 1.54) is 0 Å². The fourth-order valence-electron chi connectivity index (χ4n) is 3.31. The molecular weight excluding hydrogens is 354 g/mol. The maximum Gasteiger partial charge on any atom is 0.227 e. The van der Waals surface area contributed by atoms with E-state index in [1.807, 2.05) is 66.9 Å². The number of hydrogen-bond acceptors (Lipinski definition) is 1. The molecule has 0 saturated carbocycles. The molecule has 1 aromatic heterocycles. The molecule has 0 aliphatic rings. The number of carbonyl (C=O) groups excluding carboxylic acids is 1. The third-order valence-electron chi connectivity index (χ3n) is 4.61. The molecule has 3 aromatic carbocycles. The van der Waals surface area contributed by atoms with Crippen molar-refractivity contribution in [3.8, 4) is 0 Å². The first-order chi connectivity index (χ1) is 13.1. The minimum Gasteiger partial charge on any atom is -0.287 e. The van der Waals surface area contributed by atoms with Gasteiger partial charge in [0.1, 0.15) is 0 Å². The molecule has 3 heteroatoms. The average molecular weight is 372 g/mol. The number of hydrogen-bond donors (Lipinski definition) is 0. The van der Waals surface area contributed by atoms with Crippen molar-refractivity contribution in [2.24, 2.45) is 0 Å². The second-order valence-electron chi connectivity index (χ2n) is 6.42. The van der Waals surface area contributed by atoms with Crippen LogP contribution in [0.5, 0.6) is 0 Å². The van der Waals surface area contributed by atoms with Gasteiger partial charge in [-0.2, -0.15) is 0 Å². The Hall–Kier alpha value is -3.10. The maximum atomic E-state index is 12.2. The highest BCUT2D eigenvalue weighted by atomic mass is 35.5. The molecule has 0 unspecified atom stereocenters. The number of para-hydroxylation sites is 1. The molecule has 0 amide bonds. The van der Waals surface area contributed by atoms with Crippen molar-refractivity contribution in [3.05, 3.63) is 107 Å². The van der Waals surface area contributed by atoms with Gasteiger partial charge in [0.2, 0.25) is 5.91 Å². The Kier molecular flexibility index (Phi) is 4.66. The predicted octanol–water partition coefficient (Wildman–Crippen LogP) is 6.54. The number of halogens is 1. The van der Waals surface area contributed by atoms with Crippen LogP contribution in [0.3, 0.4) is 0 Å². The molecule has 0 bridgehead atoms. The van der Waals surface area contributed by atoms with Crippen molar-refractivity contribution in [3.63, 3.8) is 0 Å². The lowest BCUT2D eigenvalue weighted by Gasteiger charge is -2.08. The first kappa shape index (κ1) is 17.3. The summed E-state index contributed by atoms with van der Waals surface area (Å²) in [6.45, 7) is 1.58. The van der Waals surface area contributed by atoms with Crippen molar-refractivity contribution in [2.45, 2.75) is 6.92 Å². The lowest BCUT2D eigenvalue weighted by molar-refractivity contribution is 0.0941. The molecule has 0 saturated heterocycles. The monoisotopic (exact) mass is 371 g/mol. The van der Waals surface area contributed by atoms with Crippen molar-refractivity contribution < 1.29 is 4.79 Å². The summed E-state index contributed by atoms with van der Waals surface area (Å²) in [5.41, 5.74) is 5.16. The van der Waals surface area contributed by atoms with Crippen LogP contribution < -0.4 is 0 Å². The van der Waals surface area contributed by atoms with Gasteiger partial charge in [0, 0.05) is 29.1 Å². The van der Waals surface area contributed by atoms with Gasteiger partial charge in [-0.1, -0.05) is 72.3 Å². The first-order valence-electron chi connectivity index (χ1n) is 8.77. The van der Waals surface area contributed by atoms with Crippen LogP contribution in [0.2, 0.25) is 5.02 Å². The maximum absolute atomic E-state index is 12.2. The van der Waals surface area contributed by atoms with Crippen molar-refractivity contribution in [1.29, 1.82) is 0 Å². The summed E-state index contributed by atoms with van der Waals surface area (Å²) in [6, 6.07) is 26.0. The fourth-order valence-corrected chi connectivity index (χ4v) is 3.44. The quantitative estimate of drug-likeness (QED) is 0.374. The van der Waals surface area contributed by atoms with Gasteiger partial charge in [0.25, 0.3) is 0 Å². The summed E-state index contributed by atoms with van der Waals surface area (Å²) in [5.74, 6) is -0.00338. The lowest BCUT2D eigenvalue weighted by atomic mass is 9.95. The first-order valence-corrected chi connectivity index (χ1v) is 9.15. The Morgan fingerprint density at radius 3 is 2.26 bits per heavy atom. The zero-order valence-corrected chi connectivity index (χ0v) is 15.6. The average Bonchev–Trinajstić information content (AvgIpc) is 3.08. The molecule has 27 heavy (non-hydrogen) atoms. The van der Waals surface area contributed by atoms with E-state index in [1.54, 1.807) is 11.5 Å². The van der Waals surface area contributed by atoms with E-state index >= 15 is 0 Å². The summed E-state index contributed by atoms with van der Waals surface area (Å²) in [4.78, 5) is 12.2. The molecule has 0 N–H and O–H groups in total. The van der Waals surface area contributed by atoms with Gasteiger partial charge in [-0.3, -0.25) is 9.36 Å². The van der Waals surface area contributed by atoms with E-state index in [0.717, 1.165) is 33.2 Å². The second kappa shape index (κ2) is 7.26. The number of nitrogens with zero attached hydrogens (tertiary/aromatic N) is 1. The van der Waals surface area contributed by atoms with Crippen LogP contribution in [0.15, 0.2) is 85.1 Å². The van der Waals surface area contributed by atoms with Gasteiger partial charge in [-0.25, -0.2) is 0 Å². The van der Waals surface area contributed by atoms with Crippen LogP contribution in [0, 0.1) is 0 Å². The largest absolute Gasteiger partial charge is 0.287 e. The van der Waals surface area contributed by atoms with Crippen molar-refractivity contribution in [2.75, 3.05) is 0 Å². The molecule has 0 atom stereocenters. The molecular formula is C24H18ClNO. The Morgan fingerprint density at radius 2 is 1.56 bits per heavy atom. The number of benzene rings is 3. The topological polar surface area (TPSA) is 22.0 Å². The zero-order chi connectivity index (χ0) is 18.8. The number of carbonyl (C=O) groups is 1. The summed E-state index contributed by atoms with van der Waals surface area (Å²) >= 11 is 6.04. The van der Waals surface area contributed by atoms with Crippen LogP contribution in [-0.2, 0) is 0 Å². The Bertz CT molecular complexity index is 1140. The van der Waals surface area contributed by atoms with Gasteiger partial charge < -0.3 is 0 Å². The highest BCUT2D eigenvalue weighted by molar-refractivity contribution is 6.30. The fraction of sp³-hybridized carbons (Fsp3) is 0.0417. The third kappa shape index (κ3) is 3.44. The molecule has 0 aliphatic heterocycles. The molecule has 4 aromatic rings. The smallest absolute Gasteiger partial charge is 0.227 e. The summed E-state index contributed by atoms with van der Waals surface area (Å²) in [5, 5.41) is 1.76. The van der Waals surface area contributed by atoms with Crippen molar-refractivity contribution in [1.82, 2.24) is 4.57 Å². The minimum absolute atomic E-state index is 0.00338. The summed E-state index contributed by atoms with van der Waals surface area (Å²) in [7, 11) is 0. The Morgan fingerprint density at radius 1 is 0.889 bits per heavy atom. The summed E-state index contributed by atoms with van der Waals surface area (Å²) in [6.07, 6.45) is 4.07. The standard InChI is InChI=1S/C24H18ClNO/c1-17(27)26-16-23(21-9-5-6-10-24(21)26)22(19-7-3-2-4-8-19)15-18-11-13-20(25)14-12-18/h2-16H,1H3/b22-15+. The van der Waals surface area contributed by atoms with Crippen LogP contribution in [0.1, 0.15) is 28.4 Å². The van der Waals surface area contributed by atoms with Crippen LogP contribution in [0.25, 0.3) is 22.6 Å². The SMILES string of the molecule is CC(=O)n1cc(/C(=C/c2ccc(Cl)cc2)c2ccccc2)c2ccccc21. The number of rotatable bonds is 3. The summed E-state index contributed by atoms with van der Waals surface area (Å²) < 4.78 is 1.71. The zero-order valence-electron chi connectivity index (χ0n) is 14.9. The molecule has 0 aliphatic carbocycles. The molecule has 132 valence electrons. The second-order valence-corrected chi connectivity index (χ2v) is 6.86. The molecule has 4 rings (SSSR count). The van der Waals surface area contributed by atoms with Gasteiger partial charge in [-0.05, 0) is 41.0 Å². The van der Waals surface area contributed by atoms with E-state index in [0.29, 0.717) is 5.02 Å². The molecule has 0 spiro atoms.